The van der Waals surface area contributed by atoms with Crippen molar-refractivity contribution in [3.8, 4) is 0 Å². The molecule has 1 fully saturated rings. The zero-order chi connectivity index (χ0) is 24.2. The normalized spacial score (nSPS) is 15.7. The summed E-state index contributed by atoms with van der Waals surface area (Å²) in [6, 6.07) is 11.2. The van der Waals surface area contributed by atoms with Crippen LogP contribution in [0.2, 0.25) is 0 Å². The Bertz CT molecular complexity index is 1170. The van der Waals surface area contributed by atoms with Gasteiger partial charge in [-0.25, -0.2) is 25.9 Å². The maximum atomic E-state index is 13.1. The third kappa shape index (κ3) is 6.17. The van der Waals surface area contributed by atoms with E-state index in [9.17, 15) is 26.0 Å². The first kappa shape index (κ1) is 25.3. The molecule has 0 aromatic heterocycles. The van der Waals surface area contributed by atoms with E-state index in [1.807, 2.05) is 13.8 Å². The molecule has 1 saturated heterocycles. The van der Waals surface area contributed by atoms with E-state index in [1.165, 1.54) is 21.3 Å². The van der Waals surface area contributed by atoms with Crippen LogP contribution in [0.5, 0.6) is 0 Å². The zero-order valence-electron chi connectivity index (χ0n) is 18.6. The molecule has 2 aromatic carbocycles. The summed E-state index contributed by atoms with van der Waals surface area (Å²) in [6.45, 7) is 4.60. The molecule has 0 bridgehead atoms. The third-order valence-electron chi connectivity index (χ3n) is 5.53. The van der Waals surface area contributed by atoms with Crippen molar-refractivity contribution in [2.45, 2.75) is 36.0 Å². The molecule has 8 nitrogen and oxygen atoms in total. The predicted octanol–water partition coefficient (Wildman–Crippen LogP) is 2.15. The summed E-state index contributed by atoms with van der Waals surface area (Å²) >= 11 is 0. The molecule has 0 aliphatic carbocycles. The SMILES string of the molecule is CC(C)c1ccc(S(=O)(=O)NCCC(=O)N2CCN(S(=O)(=O)c3ccc(F)cc3)CC2)cc1. The lowest BCUT2D eigenvalue weighted by Gasteiger charge is -2.34. The quantitative estimate of drug-likeness (QED) is 0.602. The van der Waals surface area contributed by atoms with Gasteiger partial charge in [0.1, 0.15) is 5.82 Å². The van der Waals surface area contributed by atoms with E-state index in [0.717, 1.165) is 17.7 Å². The van der Waals surface area contributed by atoms with Crippen LogP contribution in [-0.2, 0) is 24.8 Å². The second-order valence-electron chi connectivity index (χ2n) is 8.11. The number of amides is 1. The van der Waals surface area contributed by atoms with E-state index >= 15 is 0 Å². The second kappa shape index (κ2) is 10.3. The van der Waals surface area contributed by atoms with Crippen LogP contribution in [-0.4, -0.2) is 64.7 Å². The van der Waals surface area contributed by atoms with Crippen molar-refractivity contribution in [1.82, 2.24) is 13.9 Å². The Kier molecular flexibility index (Phi) is 7.88. The van der Waals surface area contributed by atoms with Gasteiger partial charge in [0.05, 0.1) is 9.79 Å². The smallest absolute Gasteiger partial charge is 0.243 e. The van der Waals surface area contributed by atoms with E-state index in [-0.39, 0.29) is 54.8 Å². The molecule has 1 aliphatic heterocycles. The number of hydrogen-bond donors (Lipinski definition) is 1. The standard InChI is InChI=1S/C22H28FN3O5S2/c1-17(2)18-3-7-20(8-4-18)32(28,29)24-12-11-22(27)25-13-15-26(16-14-25)33(30,31)21-9-5-19(23)6-10-21/h3-10,17,24H,11-16H2,1-2H3. The highest BCUT2D eigenvalue weighted by Crippen LogP contribution is 2.19. The fourth-order valence-electron chi connectivity index (χ4n) is 3.50. The fourth-order valence-corrected chi connectivity index (χ4v) is 5.95. The monoisotopic (exact) mass is 497 g/mol. The molecule has 0 atom stereocenters. The first-order chi connectivity index (χ1) is 15.5. The van der Waals surface area contributed by atoms with Crippen molar-refractivity contribution < 1.29 is 26.0 Å². The lowest BCUT2D eigenvalue weighted by molar-refractivity contribution is -0.132. The molecular weight excluding hydrogens is 469 g/mol. The van der Waals surface area contributed by atoms with Crippen LogP contribution in [0.25, 0.3) is 0 Å². The van der Waals surface area contributed by atoms with Gasteiger partial charge in [0, 0.05) is 39.1 Å². The Hall–Kier alpha value is -2.34. The highest BCUT2D eigenvalue weighted by molar-refractivity contribution is 7.89. The summed E-state index contributed by atoms with van der Waals surface area (Å²) in [5.41, 5.74) is 1.03. The van der Waals surface area contributed by atoms with Crippen LogP contribution < -0.4 is 4.72 Å². The molecule has 1 N–H and O–H groups in total. The van der Waals surface area contributed by atoms with Crippen molar-refractivity contribution in [3.05, 3.63) is 59.9 Å². The molecular formula is C22H28FN3O5S2. The average Bonchev–Trinajstić information content (AvgIpc) is 2.79. The van der Waals surface area contributed by atoms with Crippen molar-refractivity contribution in [3.63, 3.8) is 0 Å². The lowest BCUT2D eigenvalue weighted by Crippen LogP contribution is -2.50. The topological polar surface area (TPSA) is 104 Å². The Labute approximate surface area is 194 Å². The number of hydrogen-bond acceptors (Lipinski definition) is 5. The van der Waals surface area contributed by atoms with Gasteiger partial charge in [0.2, 0.25) is 26.0 Å². The highest BCUT2D eigenvalue weighted by Gasteiger charge is 2.30. The maximum Gasteiger partial charge on any atom is 0.243 e. The van der Waals surface area contributed by atoms with Crippen LogP contribution in [0.4, 0.5) is 4.39 Å². The second-order valence-corrected chi connectivity index (χ2v) is 11.8. The summed E-state index contributed by atoms with van der Waals surface area (Å²) in [5, 5.41) is 0. The minimum atomic E-state index is -3.77. The number of carbonyl (C=O) groups is 1. The van der Waals surface area contributed by atoms with Crippen molar-refractivity contribution in [2.75, 3.05) is 32.7 Å². The molecule has 0 saturated carbocycles. The molecule has 180 valence electrons. The van der Waals surface area contributed by atoms with Crippen LogP contribution in [0, 0.1) is 5.82 Å². The lowest BCUT2D eigenvalue weighted by atomic mass is 10.0. The third-order valence-corrected chi connectivity index (χ3v) is 8.92. The molecule has 11 heteroatoms. The maximum absolute atomic E-state index is 13.1. The summed E-state index contributed by atoms with van der Waals surface area (Å²) < 4.78 is 67.0. The molecule has 3 rings (SSSR count). The summed E-state index contributed by atoms with van der Waals surface area (Å²) in [5.74, 6) is -0.488. The number of carbonyl (C=O) groups excluding carboxylic acids is 1. The van der Waals surface area contributed by atoms with Crippen LogP contribution >= 0.6 is 0 Å². The Morgan fingerprint density at radius 3 is 2.00 bits per heavy atom. The molecule has 2 aromatic rings. The number of rotatable bonds is 8. The van der Waals surface area contributed by atoms with Crippen LogP contribution in [0.1, 0.15) is 31.7 Å². The van der Waals surface area contributed by atoms with Gasteiger partial charge in [-0.05, 0) is 47.9 Å². The van der Waals surface area contributed by atoms with Crippen LogP contribution in [0.15, 0.2) is 58.3 Å². The highest BCUT2D eigenvalue weighted by atomic mass is 32.2. The molecule has 0 radical (unpaired) electrons. The summed E-state index contributed by atoms with van der Waals surface area (Å²) in [7, 11) is -7.49. The van der Waals surface area contributed by atoms with E-state index < -0.39 is 25.9 Å². The number of nitrogens with one attached hydrogen (secondary N) is 1. The number of halogens is 1. The Balaban J connectivity index is 1.49. The van der Waals surface area contributed by atoms with Gasteiger partial charge < -0.3 is 4.90 Å². The van der Waals surface area contributed by atoms with Crippen LogP contribution in [0.3, 0.4) is 0 Å². The molecule has 1 amide bonds. The van der Waals surface area contributed by atoms with E-state index in [0.29, 0.717) is 5.92 Å². The van der Waals surface area contributed by atoms with E-state index in [1.54, 1.807) is 24.3 Å². The first-order valence-electron chi connectivity index (χ1n) is 10.6. The molecule has 1 heterocycles. The number of sulfonamides is 2. The average molecular weight is 498 g/mol. The molecule has 33 heavy (non-hydrogen) atoms. The van der Waals surface area contributed by atoms with Gasteiger partial charge >= 0.3 is 0 Å². The predicted molar refractivity (Wildman–Crippen MR) is 122 cm³/mol. The molecule has 0 unspecified atom stereocenters. The van der Waals surface area contributed by atoms with Gasteiger partial charge in [-0.3, -0.25) is 4.79 Å². The van der Waals surface area contributed by atoms with Gasteiger partial charge in [-0.1, -0.05) is 26.0 Å². The molecule has 0 spiro atoms. The molecule has 1 aliphatic rings. The minimum absolute atomic E-state index is 0.000454. The zero-order valence-corrected chi connectivity index (χ0v) is 20.2. The number of nitrogens with zero attached hydrogens (tertiary/aromatic N) is 2. The first-order valence-corrected chi connectivity index (χ1v) is 13.6. The number of piperazine rings is 1. The minimum Gasteiger partial charge on any atom is -0.340 e. The fraction of sp³-hybridized carbons (Fsp3) is 0.409. The van der Waals surface area contributed by atoms with Crippen molar-refractivity contribution in [2.24, 2.45) is 0 Å². The summed E-state index contributed by atoms with van der Waals surface area (Å²) in [6.07, 6.45) is -0.0337. The van der Waals surface area contributed by atoms with Crippen molar-refractivity contribution >= 4 is 26.0 Å². The van der Waals surface area contributed by atoms with Crippen molar-refractivity contribution in [1.29, 1.82) is 0 Å². The summed E-state index contributed by atoms with van der Waals surface area (Å²) in [4.78, 5) is 14.1. The van der Waals surface area contributed by atoms with Gasteiger partial charge in [-0.15, -0.1) is 0 Å². The Morgan fingerprint density at radius 1 is 0.909 bits per heavy atom. The van der Waals surface area contributed by atoms with Gasteiger partial charge in [0.25, 0.3) is 0 Å². The number of benzene rings is 2. The van der Waals surface area contributed by atoms with E-state index in [4.69, 9.17) is 0 Å². The Morgan fingerprint density at radius 2 is 1.45 bits per heavy atom. The van der Waals surface area contributed by atoms with E-state index in [2.05, 4.69) is 4.72 Å². The largest absolute Gasteiger partial charge is 0.340 e. The van der Waals surface area contributed by atoms with Gasteiger partial charge in [-0.2, -0.15) is 4.31 Å². The van der Waals surface area contributed by atoms with Gasteiger partial charge in [0.15, 0.2) is 0 Å².